The van der Waals surface area contributed by atoms with Crippen LogP contribution in [-0.4, -0.2) is 5.91 Å². The minimum absolute atomic E-state index is 0.149. The first-order valence-corrected chi connectivity index (χ1v) is 5.01. The summed E-state index contributed by atoms with van der Waals surface area (Å²) in [6.45, 7) is 0.149. The van der Waals surface area contributed by atoms with Gasteiger partial charge in [-0.25, -0.2) is 13.2 Å². The smallest absolute Gasteiger partial charge is 0.251 e. The molecule has 3 nitrogen and oxygen atoms in total. The number of carbonyl (C=O) groups excluding carboxylic acids is 1. The summed E-state index contributed by atoms with van der Waals surface area (Å²) in [5.74, 6) is -5.10. The van der Waals surface area contributed by atoms with Crippen molar-refractivity contribution in [3.05, 3.63) is 59.3 Å². The van der Waals surface area contributed by atoms with Gasteiger partial charge in [-0.15, -0.1) is 0 Å². The molecule has 1 amide bonds. The van der Waals surface area contributed by atoms with E-state index >= 15 is 0 Å². The standard InChI is InChI=1S/C12H8F3NO2/c13-9-3-8(4-10(14)11(9)15)12(17)16-5-7-1-2-18-6-7/h1-4,6H,5H2,(H,16,17). The molecule has 0 spiro atoms. The average Bonchev–Trinajstić information content (AvgIpc) is 2.85. The van der Waals surface area contributed by atoms with Crippen molar-refractivity contribution in [1.29, 1.82) is 0 Å². The van der Waals surface area contributed by atoms with Gasteiger partial charge >= 0.3 is 0 Å². The van der Waals surface area contributed by atoms with Crippen molar-refractivity contribution in [3.63, 3.8) is 0 Å². The monoisotopic (exact) mass is 255 g/mol. The molecule has 18 heavy (non-hydrogen) atoms. The molecule has 1 aromatic heterocycles. The zero-order chi connectivity index (χ0) is 13.1. The minimum atomic E-state index is -1.60. The topological polar surface area (TPSA) is 42.2 Å². The molecule has 2 aromatic rings. The van der Waals surface area contributed by atoms with E-state index < -0.39 is 23.4 Å². The van der Waals surface area contributed by atoms with Gasteiger partial charge in [0.05, 0.1) is 12.5 Å². The second-order valence-electron chi connectivity index (χ2n) is 3.57. The Labute approximate surface area is 100 Å². The van der Waals surface area contributed by atoms with Gasteiger partial charge < -0.3 is 9.73 Å². The van der Waals surface area contributed by atoms with Crippen LogP contribution in [0.5, 0.6) is 0 Å². The lowest BCUT2D eigenvalue weighted by Gasteiger charge is -2.04. The van der Waals surface area contributed by atoms with Crippen LogP contribution in [0, 0.1) is 17.5 Å². The van der Waals surface area contributed by atoms with Gasteiger partial charge in [0.15, 0.2) is 17.5 Å². The Balaban J connectivity index is 2.09. The maximum absolute atomic E-state index is 12.9. The molecule has 0 aliphatic rings. The fraction of sp³-hybridized carbons (Fsp3) is 0.0833. The zero-order valence-electron chi connectivity index (χ0n) is 9.04. The molecule has 0 atom stereocenters. The molecule has 2 rings (SSSR count). The van der Waals surface area contributed by atoms with Crippen molar-refractivity contribution in [2.24, 2.45) is 0 Å². The normalized spacial score (nSPS) is 10.4. The molecule has 94 valence electrons. The van der Waals surface area contributed by atoms with Crippen LogP contribution >= 0.6 is 0 Å². The number of hydrogen-bond acceptors (Lipinski definition) is 2. The molecule has 0 saturated carbocycles. The summed E-state index contributed by atoms with van der Waals surface area (Å²) in [4.78, 5) is 11.6. The second-order valence-corrected chi connectivity index (χ2v) is 3.57. The van der Waals surface area contributed by atoms with E-state index in [-0.39, 0.29) is 12.1 Å². The molecule has 1 aromatic carbocycles. The van der Waals surface area contributed by atoms with Crippen molar-refractivity contribution < 1.29 is 22.4 Å². The maximum atomic E-state index is 12.9. The van der Waals surface area contributed by atoms with Crippen LogP contribution in [0.1, 0.15) is 15.9 Å². The Morgan fingerprint density at radius 1 is 1.22 bits per heavy atom. The van der Waals surface area contributed by atoms with Gasteiger partial charge in [-0.05, 0) is 18.2 Å². The first kappa shape index (κ1) is 12.2. The first-order valence-electron chi connectivity index (χ1n) is 5.01. The van der Waals surface area contributed by atoms with E-state index in [2.05, 4.69) is 5.32 Å². The Morgan fingerprint density at radius 3 is 2.44 bits per heavy atom. The molecule has 0 saturated heterocycles. The molecule has 6 heteroatoms. The Bertz CT molecular complexity index is 544. The van der Waals surface area contributed by atoms with E-state index in [0.29, 0.717) is 17.7 Å². The lowest BCUT2D eigenvalue weighted by molar-refractivity contribution is 0.0949. The fourth-order valence-corrected chi connectivity index (χ4v) is 1.36. The molecular weight excluding hydrogens is 247 g/mol. The van der Waals surface area contributed by atoms with Gasteiger partial charge in [-0.2, -0.15) is 0 Å². The minimum Gasteiger partial charge on any atom is -0.472 e. The zero-order valence-corrected chi connectivity index (χ0v) is 9.04. The summed E-state index contributed by atoms with van der Waals surface area (Å²) in [7, 11) is 0. The number of halogens is 3. The highest BCUT2D eigenvalue weighted by molar-refractivity contribution is 5.94. The number of hydrogen-bond donors (Lipinski definition) is 1. The predicted octanol–water partition coefficient (Wildman–Crippen LogP) is 2.63. The first-order chi connectivity index (χ1) is 8.58. The molecule has 0 fully saturated rings. The third-order valence-corrected chi connectivity index (χ3v) is 2.28. The number of furan rings is 1. The van der Waals surface area contributed by atoms with E-state index in [1.165, 1.54) is 12.5 Å². The largest absolute Gasteiger partial charge is 0.472 e. The van der Waals surface area contributed by atoms with Crippen molar-refractivity contribution in [3.8, 4) is 0 Å². The van der Waals surface area contributed by atoms with Crippen molar-refractivity contribution >= 4 is 5.91 Å². The number of benzene rings is 1. The van der Waals surface area contributed by atoms with E-state index in [1.54, 1.807) is 6.07 Å². The Morgan fingerprint density at radius 2 is 1.89 bits per heavy atom. The third-order valence-electron chi connectivity index (χ3n) is 2.28. The van der Waals surface area contributed by atoms with E-state index in [0.717, 1.165) is 0 Å². The molecule has 0 aliphatic carbocycles. The summed E-state index contributed by atoms with van der Waals surface area (Å²) in [6.07, 6.45) is 2.85. The predicted molar refractivity (Wildman–Crippen MR) is 56.2 cm³/mol. The fourth-order valence-electron chi connectivity index (χ4n) is 1.36. The molecule has 0 bridgehead atoms. The molecule has 1 heterocycles. The van der Waals surface area contributed by atoms with Crippen LogP contribution in [0.4, 0.5) is 13.2 Å². The molecular formula is C12H8F3NO2. The lowest BCUT2D eigenvalue weighted by atomic mass is 10.2. The number of amides is 1. The van der Waals surface area contributed by atoms with Gasteiger partial charge in [0.2, 0.25) is 0 Å². The average molecular weight is 255 g/mol. The van der Waals surface area contributed by atoms with E-state index in [4.69, 9.17) is 4.42 Å². The highest BCUT2D eigenvalue weighted by Gasteiger charge is 2.14. The number of carbonyl (C=O) groups is 1. The van der Waals surface area contributed by atoms with Crippen molar-refractivity contribution in [2.45, 2.75) is 6.54 Å². The van der Waals surface area contributed by atoms with Crippen LogP contribution < -0.4 is 5.32 Å². The number of rotatable bonds is 3. The van der Waals surface area contributed by atoms with E-state index in [1.807, 2.05) is 0 Å². The van der Waals surface area contributed by atoms with Gasteiger partial charge in [0.25, 0.3) is 5.91 Å². The Hall–Kier alpha value is -2.24. The van der Waals surface area contributed by atoms with Gasteiger partial charge in [0.1, 0.15) is 0 Å². The highest BCUT2D eigenvalue weighted by atomic mass is 19.2. The van der Waals surface area contributed by atoms with Crippen LogP contribution in [0.2, 0.25) is 0 Å². The molecule has 0 radical (unpaired) electrons. The summed E-state index contributed by atoms with van der Waals surface area (Å²) in [5, 5.41) is 2.42. The van der Waals surface area contributed by atoms with Gasteiger partial charge in [0, 0.05) is 17.7 Å². The van der Waals surface area contributed by atoms with E-state index in [9.17, 15) is 18.0 Å². The van der Waals surface area contributed by atoms with Crippen LogP contribution in [0.3, 0.4) is 0 Å². The van der Waals surface area contributed by atoms with Crippen LogP contribution in [0.15, 0.2) is 35.1 Å². The molecule has 1 N–H and O–H groups in total. The molecule has 0 aliphatic heterocycles. The quantitative estimate of drug-likeness (QED) is 0.856. The lowest BCUT2D eigenvalue weighted by Crippen LogP contribution is -2.23. The van der Waals surface area contributed by atoms with Gasteiger partial charge in [-0.3, -0.25) is 4.79 Å². The number of nitrogens with one attached hydrogen (secondary N) is 1. The third kappa shape index (κ3) is 2.53. The summed E-state index contributed by atoms with van der Waals surface area (Å²) >= 11 is 0. The SMILES string of the molecule is O=C(NCc1ccoc1)c1cc(F)c(F)c(F)c1. The van der Waals surface area contributed by atoms with Crippen LogP contribution in [-0.2, 0) is 6.54 Å². The molecule has 0 unspecified atom stereocenters. The highest BCUT2D eigenvalue weighted by Crippen LogP contribution is 2.13. The van der Waals surface area contributed by atoms with Crippen molar-refractivity contribution in [1.82, 2.24) is 5.32 Å². The van der Waals surface area contributed by atoms with Gasteiger partial charge in [-0.1, -0.05) is 0 Å². The van der Waals surface area contributed by atoms with Crippen LogP contribution in [0.25, 0.3) is 0 Å². The maximum Gasteiger partial charge on any atom is 0.251 e. The van der Waals surface area contributed by atoms with Crippen molar-refractivity contribution in [2.75, 3.05) is 0 Å². The summed E-state index contributed by atoms with van der Waals surface area (Å²) < 4.78 is 43.3. The summed E-state index contributed by atoms with van der Waals surface area (Å²) in [5.41, 5.74) is 0.418. The second kappa shape index (κ2) is 4.95. The summed E-state index contributed by atoms with van der Waals surface area (Å²) in [6, 6.07) is 2.92. The Kier molecular flexibility index (Phi) is 3.36.